The highest BCUT2D eigenvalue weighted by molar-refractivity contribution is 7.99. The molecule has 0 aromatic heterocycles. The van der Waals surface area contributed by atoms with Crippen molar-refractivity contribution >= 4 is 40.6 Å². The fourth-order valence-corrected chi connectivity index (χ4v) is 4.70. The number of benzene rings is 3. The lowest BCUT2D eigenvalue weighted by molar-refractivity contribution is -0.117. The van der Waals surface area contributed by atoms with Gasteiger partial charge in [-0.1, -0.05) is 65.8 Å². The Morgan fingerprint density at radius 3 is 2.30 bits per heavy atom. The van der Waals surface area contributed by atoms with E-state index in [0.29, 0.717) is 6.54 Å². The van der Waals surface area contributed by atoms with Gasteiger partial charge in [0.25, 0.3) is 0 Å². The molecule has 0 spiro atoms. The number of rotatable bonds is 6. The van der Waals surface area contributed by atoms with E-state index in [4.69, 9.17) is 11.6 Å². The highest BCUT2D eigenvalue weighted by Crippen LogP contribution is 2.33. The van der Waals surface area contributed by atoms with Gasteiger partial charge < -0.3 is 10.2 Å². The number of para-hydroxylation sites is 2. The molecular weight excluding hydrogens is 414 g/mol. The quantitative estimate of drug-likeness (QED) is 0.571. The number of carbonyl (C=O) groups excluding carboxylic acids is 1. The van der Waals surface area contributed by atoms with Crippen LogP contribution in [0, 0.1) is 0 Å². The number of piperazine rings is 1. The van der Waals surface area contributed by atoms with Crippen molar-refractivity contribution in [2.24, 2.45) is 0 Å². The maximum atomic E-state index is 12.7. The number of nitrogens with zero attached hydrogens (tertiary/aromatic N) is 2. The lowest BCUT2D eigenvalue weighted by Crippen LogP contribution is -2.48. The smallest absolute Gasteiger partial charge is 0.238 e. The molecule has 3 aromatic carbocycles. The van der Waals surface area contributed by atoms with Gasteiger partial charge in [-0.3, -0.25) is 9.69 Å². The van der Waals surface area contributed by atoms with E-state index in [0.717, 1.165) is 52.4 Å². The van der Waals surface area contributed by atoms with Crippen molar-refractivity contribution in [2.75, 3.05) is 42.9 Å². The summed E-state index contributed by atoms with van der Waals surface area (Å²) >= 11 is 7.97. The van der Waals surface area contributed by atoms with E-state index < -0.39 is 0 Å². The molecule has 1 aliphatic heterocycles. The van der Waals surface area contributed by atoms with Gasteiger partial charge in [-0.2, -0.15) is 0 Å². The Bertz CT molecular complexity index is 991. The van der Waals surface area contributed by atoms with E-state index in [9.17, 15) is 4.79 Å². The number of amides is 1. The van der Waals surface area contributed by atoms with Gasteiger partial charge in [0, 0.05) is 36.0 Å². The number of nitrogens with one attached hydrogen (secondary N) is 1. The standard InChI is InChI=1S/C24H24ClN3OS/c25-20-10-4-6-12-22(20)28-16-14-27(15-17-28)18-24(29)26-21-11-5-7-13-23(21)30-19-8-2-1-3-9-19/h1-13H,14-18H2,(H,26,29). The van der Waals surface area contributed by atoms with Crippen LogP contribution in [0.25, 0.3) is 0 Å². The van der Waals surface area contributed by atoms with Gasteiger partial charge >= 0.3 is 0 Å². The molecule has 154 valence electrons. The Hall–Kier alpha value is -2.47. The zero-order valence-corrected chi connectivity index (χ0v) is 18.2. The summed E-state index contributed by atoms with van der Waals surface area (Å²) in [6.07, 6.45) is 0. The molecule has 0 bridgehead atoms. The van der Waals surface area contributed by atoms with Crippen molar-refractivity contribution in [3.63, 3.8) is 0 Å². The summed E-state index contributed by atoms with van der Waals surface area (Å²) in [4.78, 5) is 19.4. The molecule has 0 unspecified atom stereocenters. The second-order valence-electron chi connectivity index (χ2n) is 7.17. The van der Waals surface area contributed by atoms with E-state index in [1.807, 2.05) is 66.7 Å². The van der Waals surface area contributed by atoms with E-state index >= 15 is 0 Å². The molecule has 1 saturated heterocycles. The number of anilines is 2. The number of hydrogen-bond acceptors (Lipinski definition) is 4. The van der Waals surface area contributed by atoms with Gasteiger partial charge in [-0.25, -0.2) is 0 Å². The molecular formula is C24H24ClN3OS. The molecule has 1 aliphatic rings. The first kappa shape index (κ1) is 20.8. The van der Waals surface area contributed by atoms with Gasteiger partial charge in [-0.05, 0) is 36.4 Å². The van der Waals surface area contributed by atoms with Crippen LogP contribution in [0.4, 0.5) is 11.4 Å². The Labute approximate surface area is 186 Å². The van der Waals surface area contributed by atoms with Crippen molar-refractivity contribution < 1.29 is 4.79 Å². The highest BCUT2D eigenvalue weighted by Gasteiger charge is 2.20. The van der Waals surface area contributed by atoms with Gasteiger partial charge in [0.15, 0.2) is 0 Å². The van der Waals surface area contributed by atoms with Gasteiger partial charge in [0.05, 0.1) is 22.9 Å². The molecule has 4 nitrogen and oxygen atoms in total. The second kappa shape index (κ2) is 10.0. The van der Waals surface area contributed by atoms with E-state index in [-0.39, 0.29) is 5.91 Å². The summed E-state index contributed by atoms with van der Waals surface area (Å²) < 4.78 is 0. The lowest BCUT2D eigenvalue weighted by Gasteiger charge is -2.36. The zero-order valence-electron chi connectivity index (χ0n) is 16.6. The molecule has 6 heteroatoms. The third kappa shape index (κ3) is 5.36. The van der Waals surface area contributed by atoms with E-state index in [1.165, 1.54) is 0 Å². The summed E-state index contributed by atoms with van der Waals surface area (Å²) in [5, 5.41) is 3.87. The summed E-state index contributed by atoms with van der Waals surface area (Å²) in [5.74, 6) is 0.0160. The fraction of sp³-hybridized carbons (Fsp3) is 0.208. The first-order chi connectivity index (χ1) is 14.7. The monoisotopic (exact) mass is 437 g/mol. The molecule has 0 saturated carbocycles. The van der Waals surface area contributed by atoms with Crippen molar-refractivity contribution in [2.45, 2.75) is 9.79 Å². The lowest BCUT2D eigenvalue weighted by atomic mass is 10.2. The molecule has 0 radical (unpaired) electrons. The second-order valence-corrected chi connectivity index (χ2v) is 8.70. The molecule has 30 heavy (non-hydrogen) atoms. The van der Waals surface area contributed by atoms with Crippen LogP contribution in [0.1, 0.15) is 0 Å². The normalized spacial score (nSPS) is 14.5. The van der Waals surface area contributed by atoms with Gasteiger partial charge in [0.1, 0.15) is 0 Å². The van der Waals surface area contributed by atoms with E-state index in [2.05, 4.69) is 27.2 Å². The van der Waals surface area contributed by atoms with Crippen LogP contribution >= 0.6 is 23.4 Å². The topological polar surface area (TPSA) is 35.6 Å². The maximum Gasteiger partial charge on any atom is 0.238 e. The van der Waals surface area contributed by atoms with Gasteiger partial charge in [0.2, 0.25) is 5.91 Å². The molecule has 3 aromatic rings. The van der Waals surface area contributed by atoms with Crippen LogP contribution in [0.2, 0.25) is 5.02 Å². The summed E-state index contributed by atoms with van der Waals surface area (Å²) in [6, 6.07) is 26.0. The molecule has 4 rings (SSSR count). The third-order valence-electron chi connectivity index (χ3n) is 5.06. The Morgan fingerprint density at radius 2 is 1.53 bits per heavy atom. The largest absolute Gasteiger partial charge is 0.368 e. The van der Waals surface area contributed by atoms with Gasteiger partial charge in [-0.15, -0.1) is 0 Å². The fourth-order valence-electron chi connectivity index (χ4n) is 3.52. The molecule has 1 heterocycles. The summed E-state index contributed by atoms with van der Waals surface area (Å²) in [7, 11) is 0. The van der Waals surface area contributed by atoms with Crippen molar-refractivity contribution in [1.82, 2.24) is 4.90 Å². The minimum atomic E-state index is 0.0160. The predicted molar refractivity (Wildman–Crippen MR) is 126 cm³/mol. The minimum Gasteiger partial charge on any atom is -0.368 e. The summed E-state index contributed by atoms with van der Waals surface area (Å²) in [5.41, 5.74) is 1.92. The van der Waals surface area contributed by atoms with Crippen LogP contribution in [-0.4, -0.2) is 43.5 Å². The third-order valence-corrected chi connectivity index (χ3v) is 6.47. The first-order valence-electron chi connectivity index (χ1n) is 10.0. The Balaban J connectivity index is 1.32. The average molecular weight is 438 g/mol. The highest BCUT2D eigenvalue weighted by atomic mass is 35.5. The molecule has 1 N–H and O–H groups in total. The number of halogens is 1. The van der Waals surface area contributed by atoms with Crippen molar-refractivity contribution in [3.8, 4) is 0 Å². The first-order valence-corrected chi connectivity index (χ1v) is 11.2. The van der Waals surface area contributed by atoms with Crippen LogP contribution in [-0.2, 0) is 4.79 Å². The van der Waals surface area contributed by atoms with Crippen LogP contribution in [0.3, 0.4) is 0 Å². The summed E-state index contributed by atoms with van der Waals surface area (Å²) in [6.45, 7) is 3.77. The van der Waals surface area contributed by atoms with Crippen LogP contribution < -0.4 is 10.2 Å². The molecule has 1 amide bonds. The van der Waals surface area contributed by atoms with E-state index in [1.54, 1.807) is 11.8 Å². The molecule has 1 fully saturated rings. The average Bonchev–Trinajstić information content (AvgIpc) is 2.77. The van der Waals surface area contributed by atoms with Crippen molar-refractivity contribution in [3.05, 3.63) is 83.9 Å². The molecule has 0 aliphatic carbocycles. The maximum absolute atomic E-state index is 12.7. The van der Waals surface area contributed by atoms with Crippen LogP contribution in [0.15, 0.2) is 88.7 Å². The number of carbonyl (C=O) groups is 1. The predicted octanol–water partition coefficient (Wildman–Crippen LogP) is 5.25. The zero-order chi connectivity index (χ0) is 20.8. The van der Waals surface area contributed by atoms with Crippen molar-refractivity contribution in [1.29, 1.82) is 0 Å². The van der Waals surface area contributed by atoms with Crippen LogP contribution in [0.5, 0.6) is 0 Å². The number of hydrogen-bond donors (Lipinski definition) is 1. The SMILES string of the molecule is O=C(CN1CCN(c2ccccc2Cl)CC1)Nc1ccccc1Sc1ccccc1. The Morgan fingerprint density at radius 1 is 0.867 bits per heavy atom. The molecule has 0 atom stereocenters. The minimum absolute atomic E-state index is 0.0160. The Kier molecular flexibility index (Phi) is 6.95.